The smallest absolute Gasteiger partial charge is 0.0746 e. The van der Waals surface area contributed by atoms with Gasteiger partial charge >= 0.3 is 0 Å². The van der Waals surface area contributed by atoms with Crippen LogP contribution >= 0.6 is 11.6 Å². The van der Waals surface area contributed by atoms with Crippen molar-refractivity contribution in [2.75, 3.05) is 7.05 Å². The van der Waals surface area contributed by atoms with Gasteiger partial charge in [-0.05, 0) is 36.4 Å². The molecule has 106 valence electrons. The van der Waals surface area contributed by atoms with Crippen molar-refractivity contribution in [3.63, 3.8) is 0 Å². The molecule has 0 aliphatic carbocycles. The molecule has 3 heteroatoms. The molecule has 21 heavy (non-hydrogen) atoms. The molecule has 0 amide bonds. The Morgan fingerprint density at radius 3 is 2.52 bits per heavy atom. The molecule has 2 aromatic carbocycles. The second-order valence-electron chi connectivity index (χ2n) is 5.29. The van der Waals surface area contributed by atoms with Crippen molar-refractivity contribution >= 4 is 22.5 Å². The number of fused-ring (bicyclic) bond motifs is 1. The number of nitrogens with zero attached hydrogens (tertiary/aromatic N) is 2. The van der Waals surface area contributed by atoms with Crippen molar-refractivity contribution in [1.29, 1.82) is 0 Å². The Labute approximate surface area is 130 Å². The van der Waals surface area contributed by atoms with E-state index in [0.29, 0.717) is 0 Å². The number of aromatic nitrogens is 1. The van der Waals surface area contributed by atoms with Crippen LogP contribution in [0.15, 0.2) is 60.8 Å². The Balaban J connectivity index is 1.77. The fourth-order valence-corrected chi connectivity index (χ4v) is 2.67. The standard InChI is InChI=1S/C18H17ClN2/c1-21(12-14-7-9-17(19)10-8-14)13-16-5-2-4-15-6-3-11-20-18(15)16/h2-11H,12-13H2,1H3. The molecule has 0 saturated carbocycles. The molecule has 0 bridgehead atoms. The average Bonchev–Trinajstić information content (AvgIpc) is 2.50. The second kappa shape index (κ2) is 6.25. The number of para-hydroxylation sites is 1. The summed E-state index contributed by atoms with van der Waals surface area (Å²) in [5.41, 5.74) is 3.60. The van der Waals surface area contributed by atoms with Gasteiger partial charge in [-0.25, -0.2) is 0 Å². The molecule has 0 saturated heterocycles. The predicted octanol–water partition coefficient (Wildman–Crippen LogP) is 4.52. The van der Waals surface area contributed by atoms with E-state index in [1.807, 2.05) is 24.4 Å². The molecule has 2 nitrogen and oxygen atoms in total. The molecule has 0 aliphatic rings. The van der Waals surface area contributed by atoms with E-state index in [9.17, 15) is 0 Å². The molecule has 0 aliphatic heterocycles. The highest BCUT2D eigenvalue weighted by molar-refractivity contribution is 6.30. The Hall–Kier alpha value is -1.90. The summed E-state index contributed by atoms with van der Waals surface area (Å²) in [5.74, 6) is 0. The fourth-order valence-electron chi connectivity index (χ4n) is 2.54. The first-order valence-electron chi connectivity index (χ1n) is 6.98. The van der Waals surface area contributed by atoms with Gasteiger partial charge in [0.1, 0.15) is 0 Å². The van der Waals surface area contributed by atoms with E-state index in [4.69, 9.17) is 11.6 Å². The van der Waals surface area contributed by atoms with Gasteiger partial charge in [-0.2, -0.15) is 0 Å². The molecule has 0 atom stereocenters. The van der Waals surface area contributed by atoms with Crippen molar-refractivity contribution in [2.24, 2.45) is 0 Å². The van der Waals surface area contributed by atoms with E-state index < -0.39 is 0 Å². The van der Waals surface area contributed by atoms with E-state index in [1.54, 1.807) is 0 Å². The molecule has 0 spiro atoms. The first-order chi connectivity index (χ1) is 10.2. The summed E-state index contributed by atoms with van der Waals surface area (Å²) in [7, 11) is 2.12. The van der Waals surface area contributed by atoms with Gasteiger partial charge < -0.3 is 0 Å². The summed E-state index contributed by atoms with van der Waals surface area (Å²) in [4.78, 5) is 6.79. The minimum absolute atomic E-state index is 0.777. The van der Waals surface area contributed by atoms with Gasteiger partial charge in [-0.1, -0.05) is 48.0 Å². The van der Waals surface area contributed by atoms with Gasteiger partial charge in [0, 0.05) is 29.7 Å². The highest BCUT2D eigenvalue weighted by Gasteiger charge is 2.06. The minimum Gasteiger partial charge on any atom is -0.298 e. The van der Waals surface area contributed by atoms with E-state index in [1.165, 1.54) is 16.5 Å². The Kier molecular flexibility index (Phi) is 4.18. The van der Waals surface area contributed by atoms with Gasteiger partial charge in [-0.15, -0.1) is 0 Å². The summed E-state index contributed by atoms with van der Waals surface area (Å²) in [5, 5.41) is 1.97. The minimum atomic E-state index is 0.777. The van der Waals surface area contributed by atoms with Crippen molar-refractivity contribution in [3.8, 4) is 0 Å². The lowest BCUT2D eigenvalue weighted by molar-refractivity contribution is 0.320. The zero-order chi connectivity index (χ0) is 14.7. The SMILES string of the molecule is CN(Cc1ccc(Cl)cc1)Cc1cccc2cccnc12. The molecule has 1 aromatic heterocycles. The van der Waals surface area contributed by atoms with Crippen LogP contribution in [0.5, 0.6) is 0 Å². The molecule has 0 radical (unpaired) electrons. The van der Waals surface area contributed by atoms with Gasteiger partial charge in [0.15, 0.2) is 0 Å². The van der Waals surface area contributed by atoms with Crippen molar-refractivity contribution in [1.82, 2.24) is 9.88 Å². The van der Waals surface area contributed by atoms with Gasteiger partial charge in [0.25, 0.3) is 0 Å². The number of rotatable bonds is 4. The van der Waals surface area contributed by atoms with Crippen LogP contribution in [0.4, 0.5) is 0 Å². The van der Waals surface area contributed by atoms with Crippen LogP contribution in [0.3, 0.4) is 0 Å². The summed E-state index contributed by atoms with van der Waals surface area (Å²) < 4.78 is 0. The van der Waals surface area contributed by atoms with Crippen molar-refractivity contribution < 1.29 is 0 Å². The average molecular weight is 297 g/mol. The third kappa shape index (κ3) is 3.41. The predicted molar refractivity (Wildman–Crippen MR) is 88.4 cm³/mol. The Bertz CT molecular complexity index is 732. The van der Waals surface area contributed by atoms with E-state index in [-0.39, 0.29) is 0 Å². The number of pyridine rings is 1. The number of halogens is 1. The monoisotopic (exact) mass is 296 g/mol. The lowest BCUT2D eigenvalue weighted by Gasteiger charge is -2.17. The molecule has 3 rings (SSSR count). The molecular formula is C18H17ClN2. The maximum absolute atomic E-state index is 5.92. The van der Waals surface area contributed by atoms with Crippen LogP contribution in [0.25, 0.3) is 10.9 Å². The zero-order valence-electron chi connectivity index (χ0n) is 12.0. The molecular weight excluding hydrogens is 280 g/mol. The first-order valence-corrected chi connectivity index (χ1v) is 7.36. The van der Waals surface area contributed by atoms with E-state index in [2.05, 4.69) is 53.3 Å². The van der Waals surface area contributed by atoms with Crippen molar-refractivity contribution in [2.45, 2.75) is 13.1 Å². The normalized spacial score (nSPS) is 11.2. The number of benzene rings is 2. The topological polar surface area (TPSA) is 16.1 Å². The molecule has 0 fully saturated rings. The lowest BCUT2D eigenvalue weighted by Crippen LogP contribution is -2.17. The Morgan fingerprint density at radius 1 is 0.952 bits per heavy atom. The number of hydrogen-bond acceptors (Lipinski definition) is 2. The largest absolute Gasteiger partial charge is 0.298 e. The van der Waals surface area contributed by atoms with Crippen LogP contribution in [0.1, 0.15) is 11.1 Å². The van der Waals surface area contributed by atoms with Crippen LogP contribution in [0, 0.1) is 0 Å². The lowest BCUT2D eigenvalue weighted by atomic mass is 10.1. The molecule has 1 heterocycles. The van der Waals surface area contributed by atoms with Gasteiger partial charge in [-0.3, -0.25) is 9.88 Å². The maximum Gasteiger partial charge on any atom is 0.0746 e. The van der Waals surface area contributed by atoms with Crippen LogP contribution in [-0.4, -0.2) is 16.9 Å². The first kappa shape index (κ1) is 14.1. The summed E-state index contributed by atoms with van der Waals surface area (Å²) in [6, 6.07) is 18.4. The zero-order valence-corrected chi connectivity index (χ0v) is 12.7. The summed E-state index contributed by atoms with van der Waals surface area (Å²) in [6.45, 7) is 1.76. The van der Waals surface area contributed by atoms with Crippen LogP contribution < -0.4 is 0 Å². The van der Waals surface area contributed by atoms with Crippen LogP contribution in [0.2, 0.25) is 5.02 Å². The summed E-state index contributed by atoms with van der Waals surface area (Å²) in [6.07, 6.45) is 1.85. The van der Waals surface area contributed by atoms with Crippen LogP contribution in [-0.2, 0) is 13.1 Å². The molecule has 0 unspecified atom stereocenters. The highest BCUT2D eigenvalue weighted by atomic mass is 35.5. The van der Waals surface area contributed by atoms with Gasteiger partial charge in [0.05, 0.1) is 5.52 Å². The van der Waals surface area contributed by atoms with E-state index in [0.717, 1.165) is 23.6 Å². The highest BCUT2D eigenvalue weighted by Crippen LogP contribution is 2.18. The second-order valence-corrected chi connectivity index (χ2v) is 5.73. The van der Waals surface area contributed by atoms with E-state index >= 15 is 0 Å². The fraction of sp³-hybridized carbons (Fsp3) is 0.167. The summed E-state index contributed by atoms with van der Waals surface area (Å²) >= 11 is 5.92. The molecule has 0 N–H and O–H groups in total. The molecule has 3 aromatic rings. The Morgan fingerprint density at radius 2 is 1.71 bits per heavy atom. The quantitative estimate of drug-likeness (QED) is 0.703. The van der Waals surface area contributed by atoms with Gasteiger partial charge in [0.2, 0.25) is 0 Å². The van der Waals surface area contributed by atoms with Crippen molar-refractivity contribution in [3.05, 3.63) is 76.9 Å². The third-order valence-electron chi connectivity index (χ3n) is 3.52. The number of hydrogen-bond donors (Lipinski definition) is 0. The maximum atomic E-state index is 5.92. The third-order valence-corrected chi connectivity index (χ3v) is 3.77.